The molecule has 0 spiro atoms. The largest absolute Gasteiger partial charge is 0.494 e. The molecule has 6 heterocycles. The molecule has 5 aromatic rings. The van der Waals surface area contributed by atoms with Crippen LogP contribution in [0.1, 0.15) is 49.2 Å². The van der Waals surface area contributed by atoms with Crippen molar-refractivity contribution < 1.29 is 9.53 Å². The number of rotatable bonds is 9. The SMILES string of the molecule is CCC1CN(C(=O)c2cc(OC)c3c(c2)nc(-c2cc4cccnc4n2CC2CC2)n3CC2CN(c3ccnc(C)c3)C2)C(C)[C@@H]1N. The van der Waals surface area contributed by atoms with Gasteiger partial charge in [-0.3, -0.25) is 9.78 Å². The zero-order valence-electron chi connectivity index (χ0n) is 27.8. The summed E-state index contributed by atoms with van der Waals surface area (Å²) in [6.07, 6.45) is 7.19. The van der Waals surface area contributed by atoms with Crippen LogP contribution in [-0.2, 0) is 13.1 Å². The number of ether oxygens (including phenoxy) is 1. The standard InChI is InChI=1S/C37H44N8O2/c1-5-26-21-43(23(3)33(26)38)37(46)28-14-30-34(32(16-28)47-4)45(20-25-17-42(18-25)29-10-12-39-22(2)13-29)36(41-30)31-15-27-7-6-11-40-35(27)44(31)19-24-8-9-24/h6-7,10-16,23-26,33H,5,8-9,17-21,38H2,1-4H3/t23?,26?,33-/m0/s1. The highest BCUT2D eigenvalue weighted by atomic mass is 16.5. The topological polar surface area (TPSA) is 107 Å². The van der Waals surface area contributed by atoms with Crippen molar-refractivity contribution in [3.63, 3.8) is 0 Å². The summed E-state index contributed by atoms with van der Waals surface area (Å²) >= 11 is 0. The molecule has 3 aliphatic rings. The molecule has 1 aromatic carbocycles. The number of imidazole rings is 1. The maximum atomic E-state index is 14.0. The van der Waals surface area contributed by atoms with Crippen molar-refractivity contribution in [1.29, 1.82) is 0 Å². The van der Waals surface area contributed by atoms with Gasteiger partial charge in [-0.15, -0.1) is 0 Å². The van der Waals surface area contributed by atoms with Crippen LogP contribution >= 0.6 is 0 Å². The van der Waals surface area contributed by atoms with Gasteiger partial charge in [0.15, 0.2) is 5.82 Å². The van der Waals surface area contributed by atoms with E-state index in [2.05, 4.69) is 57.1 Å². The molecule has 10 heteroatoms. The van der Waals surface area contributed by atoms with Crippen LogP contribution in [0.3, 0.4) is 0 Å². The fourth-order valence-corrected chi connectivity index (χ4v) is 7.76. The van der Waals surface area contributed by atoms with E-state index in [1.165, 1.54) is 18.5 Å². The number of pyridine rings is 2. The second-order valence-electron chi connectivity index (χ2n) is 14.0. The maximum absolute atomic E-state index is 14.0. The van der Waals surface area contributed by atoms with Crippen LogP contribution in [0.5, 0.6) is 5.75 Å². The molecule has 1 amide bonds. The van der Waals surface area contributed by atoms with Gasteiger partial charge in [0.1, 0.15) is 16.9 Å². The van der Waals surface area contributed by atoms with Gasteiger partial charge in [-0.1, -0.05) is 13.3 Å². The Kier molecular flexibility index (Phi) is 7.43. The van der Waals surface area contributed by atoms with Crippen LogP contribution in [0.25, 0.3) is 33.6 Å². The number of carbonyl (C=O) groups excluding carboxylic acids is 1. The lowest BCUT2D eigenvalue weighted by Gasteiger charge is -2.41. The summed E-state index contributed by atoms with van der Waals surface area (Å²) in [7, 11) is 1.69. The average molecular weight is 633 g/mol. The Balaban J connectivity index is 1.22. The van der Waals surface area contributed by atoms with Gasteiger partial charge in [-0.25, -0.2) is 9.97 Å². The summed E-state index contributed by atoms with van der Waals surface area (Å²) in [6.45, 7) is 10.5. The van der Waals surface area contributed by atoms with Crippen molar-refractivity contribution in [3.8, 4) is 17.3 Å². The molecule has 3 fully saturated rings. The summed E-state index contributed by atoms with van der Waals surface area (Å²) in [5.74, 6) is 2.91. The van der Waals surface area contributed by atoms with Crippen LogP contribution in [0.4, 0.5) is 5.69 Å². The number of likely N-dealkylation sites (tertiary alicyclic amines) is 1. The Labute approximate surface area is 275 Å². The molecular formula is C37H44N8O2. The van der Waals surface area contributed by atoms with E-state index in [0.29, 0.717) is 35.6 Å². The number of aryl methyl sites for hydroxylation is 1. The lowest BCUT2D eigenvalue weighted by atomic mass is 9.98. The van der Waals surface area contributed by atoms with Crippen molar-refractivity contribution in [2.75, 3.05) is 31.6 Å². The molecule has 1 aliphatic carbocycles. The van der Waals surface area contributed by atoms with E-state index in [4.69, 9.17) is 20.4 Å². The number of hydrogen-bond donors (Lipinski definition) is 1. The van der Waals surface area contributed by atoms with Gasteiger partial charge in [-0.05, 0) is 81.0 Å². The fourth-order valence-electron chi connectivity index (χ4n) is 7.76. The fraction of sp³-hybridized carbons (Fsp3) is 0.459. The molecule has 244 valence electrons. The van der Waals surface area contributed by atoms with E-state index in [9.17, 15) is 4.79 Å². The summed E-state index contributed by atoms with van der Waals surface area (Å²) in [4.78, 5) is 32.9. The van der Waals surface area contributed by atoms with Crippen molar-refractivity contribution in [3.05, 3.63) is 66.1 Å². The number of anilines is 1. The number of nitrogens with zero attached hydrogens (tertiary/aromatic N) is 7. The minimum atomic E-state index is -0.0290. The Morgan fingerprint density at radius 3 is 2.53 bits per heavy atom. The number of amides is 1. The lowest BCUT2D eigenvalue weighted by molar-refractivity contribution is 0.0739. The van der Waals surface area contributed by atoms with E-state index in [0.717, 1.165) is 71.9 Å². The molecule has 3 atom stereocenters. The minimum Gasteiger partial charge on any atom is -0.494 e. The number of carbonyl (C=O) groups is 1. The number of aromatic nitrogens is 5. The number of hydrogen-bond acceptors (Lipinski definition) is 7. The predicted molar refractivity (Wildman–Crippen MR) is 185 cm³/mol. The van der Waals surface area contributed by atoms with Gasteiger partial charge in [0.25, 0.3) is 5.91 Å². The second-order valence-corrected chi connectivity index (χ2v) is 14.0. The predicted octanol–water partition coefficient (Wildman–Crippen LogP) is 5.51. The first kappa shape index (κ1) is 29.9. The maximum Gasteiger partial charge on any atom is 0.254 e. The smallest absolute Gasteiger partial charge is 0.254 e. The first-order chi connectivity index (χ1) is 22.8. The first-order valence-corrected chi connectivity index (χ1v) is 17.1. The molecule has 0 bridgehead atoms. The highest BCUT2D eigenvalue weighted by molar-refractivity contribution is 6.00. The van der Waals surface area contributed by atoms with E-state index in [1.54, 1.807) is 7.11 Å². The Hall–Kier alpha value is -4.44. The van der Waals surface area contributed by atoms with Crippen molar-refractivity contribution >= 4 is 33.7 Å². The Bertz CT molecular complexity index is 1970. The van der Waals surface area contributed by atoms with Gasteiger partial charge in [0.05, 0.1) is 18.3 Å². The van der Waals surface area contributed by atoms with Crippen LogP contribution < -0.4 is 15.4 Å². The van der Waals surface area contributed by atoms with E-state index >= 15 is 0 Å². The molecule has 4 aromatic heterocycles. The van der Waals surface area contributed by atoms with Crippen molar-refractivity contribution in [1.82, 2.24) is 29.0 Å². The molecule has 8 rings (SSSR count). The van der Waals surface area contributed by atoms with E-state index in [1.807, 2.05) is 42.4 Å². The molecular weight excluding hydrogens is 588 g/mol. The lowest BCUT2D eigenvalue weighted by Crippen LogP contribution is -2.48. The summed E-state index contributed by atoms with van der Waals surface area (Å²) < 4.78 is 10.8. The highest BCUT2D eigenvalue weighted by Crippen LogP contribution is 2.39. The third-order valence-corrected chi connectivity index (χ3v) is 10.7. The Morgan fingerprint density at radius 2 is 1.81 bits per heavy atom. The first-order valence-electron chi connectivity index (χ1n) is 17.1. The average Bonchev–Trinajstić information content (AvgIpc) is 3.61. The van der Waals surface area contributed by atoms with Gasteiger partial charge in [0.2, 0.25) is 0 Å². The third-order valence-electron chi connectivity index (χ3n) is 10.7. The van der Waals surface area contributed by atoms with E-state index in [-0.39, 0.29) is 18.0 Å². The molecule has 1 saturated carbocycles. The van der Waals surface area contributed by atoms with Crippen LogP contribution in [0.2, 0.25) is 0 Å². The number of benzene rings is 1. The van der Waals surface area contributed by atoms with Crippen LogP contribution in [0, 0.1) is 24.7 Å². The normalized spacial score (nSPS) is 21.6. The summed E-state index contributed by atoms with van der Waals surface area (Å²) in [6, 6.07) is 14.4. The van der Waals surface area contributed by atoms with Crippen molar-refractivity contribution in [2.45, 2.75) is 65.2 Å². The molecule has 0 radical (unpaired) electrons. The molecule has 10 nitrogen and oxygen atoms in total. The van der Waals surface area contributed by atoms with Crippen LogP contribution in [0.15, 0.2) is 54.9 Å². The van der Waals surface area contributed by atoms with E-state index < -0.39 is 0 Å². The minimum absolute atomic E-state index is 0.0190. The van der Waals surface area contributed by atoms with Gasteiger partial charge < -0.3 is 29.4 Å². The Morgan fingerprint density at radius 1 is 1.00 bits per heavy atom. The van der Waals surface area contributed by atoms with Gasteiger partial charge >= 0.3 is 0 Å². The molecule has 2 N–H and O–H groups in total. The zero-order valence-corrected chi connectivity index (χ0v) is 27.8. The monoisotopic (exact) mass is 632 g/mol. The zero-order chi connectivity index (χ0) is 32.4. The van der Waals surface area contributed by atoms with Crippen molar-refractivity contribution in [2.24, 2.45) is 23.5 Å². The molecule has 2 unspecified atom stereocenters. The summed E-state index contributed by atoms with van der Waals surface area (Å²) in [5.41, 5.74) is 13.1. The van der Waals surface area contributed by atoms with Gasteiger partial charge in [0, 0.05) is 85.5 Å². The number of nitrogens with two attached hydrogens (primary N) is 1. The van der Waals surface area contributed by atoms with Gasteiger partial charge in [-0.2, -0.15) is 0 Å². The third kappa shape index (κ3) is 5.23. The second kappa shape index (κ2) is 11.7. The number of methoxy groups -OCH3 is 1. The van der Waals surface area contributed by atoms with Crippen LogP contribution in [-0.4, -0.2) is 73.7 Å². The quantitative estimate of drug-likeness (QED) is 0.228. The molecule has 47 heavy (non-hydrogen) atoms. The molecule has 2 saturated heterocycles. The molecule has 2 aliphatic heterocycles. The number of fused-ring (bicyclic) bond motifs is 2. The highest BCUT2D eigenvalue weighted by Gasteiger charge is 2.39. The summed E-state index contributed by atoms with van der Waals surface area (Å²) in [5, 5.41) is 1.11.